The van der Waals surface area contributed by atoms with Crippen LogP contribution >= 0.6 is 11.3 Å². The van der Waals surface area contributed by atoms with E-state index >= 15 is 0 Å². The molecule has 1 fully saturated rings. The molecule has 0 atom stereocenters. The molecule has 0 amide bonds. The summed E-state index contributed by atoms with van der Waals surface area (Å²) in [6.07, 6.45) is 1.81. The number of sulfonamides is 1. The van der Waals surface area contributed by atoms with E-state index in [-0.39, 0.29) is 4.90 Å². The van der Waals surface area contributed by atoms with Crippen molar-refractivity contribution < 1.29 is 12.8 Å². The van der Waals surface area contributed by atoms with Crippen molar-refractivity contribution in [2.75, 3.05) is 32.7 Å². The molecule has 1 aromatic carbocycles. The highest BCUT2D eigenvalue weighted by Crippen LogP contribution is 2.18. The summed E-state index contributed by atoms with van der Waals surface area (Å²) in [7, 11) is -3.54. The third-order valence-electron chi connectivity index (χ3n) is 4.25. The van der Waals surface area contributed by atoms with Crippen molar-refractivity contribution in [1.82, 2.24) is 9.21 Å². The van der Waals surface area contributed by atoms with Crippen molar-refractivity contribution in [3.8, 4) is 0 Å². The van der Waals surface area contributed by atoms with Gasteiger partial charge in [0.25, 0.3) is 0 Å². The fraction of sp³-hybridized carbons (Fsp3) is 0.412. The van der Waals surface area contributed by atoms with Gasteiger partial charge in [-0.2, -0.15) is 4.31 Å². The fourth-order valence-electron chi connectivity index (χ4n) is 2.89. The van der Waals surface area contributed by atoms with E-state index in [2.05, 4.69) is 22.4 Å². The minimum atomic E-state index is -3.54. The van der Waals surface area contributed by atoms with Crippen LogP contribution in [-0.2, 0) is 16.4 Å². The Kier molecular flexibility index (Phi) is 5.65. The van der Waals surface area contributed by atoms with Gasteiger partial charge in [-0.15, -0.1) is 11.3 Å². The molecule has 4 nitrogen and oxygen atoms in total. The Morgan fingerprint density at radius 1 is 1.04 bits per heavy atom. The van der Waals surface area contributed by atoms with Crippen LogP contribution in [0.3, 0.4) is 0 Å². The molecule has 0 saturated carbocycles. The van der Waals surface area contributed by atoms with Crippen LogP contribution in [0, 0.1) is 5.82 Å². The maximum atomic E-state index is 13.0. The van der Waals surface area contributed by atoms with Crippen LogP contribution in [0.15, 0.2) is 46.7 Å². The molecular formula is C17H21FN2O2S2. The molecule has 1 aromatic heterocycles. The maximum absolute atomic E-state index is 13.0. The lowest BCUT2D eigenvalue weighted by atomic mass is 10.3. The lowest BCUT2D eigenvalue weighted by Crippen LogP contribution is -2.35. The molecule has 2 heterocycles. The molecule has 7 heteroatoms. The van der Waals surface area contributed by atoms with Crippen LogP contribution in [-0.4, -0.2) is 50.3 Å². The predicted molar refractivity (Wildman–Crippen MR) is 94.2 cm³/mol. The monoisotopic (exact) mass is 368 g/mol. The largest absolute Gasteiger partial charge is 0.302 e. The summed E-state index contributed by atoms with van der Waals surface area (Å²) in [4.78, 5) is 3.84. The predicted octanol–water partition coefficient (Wildman–Crippen LogP) is 2.83. The Bertz CT molecular complexity index is 745. The van der Waals surface area contributed by atoms with E-state index in [1.54, 1.807) is 11.3 Å². The average Bonchev–Trinajstić information content (AvgIpc) is 2.97. The Morgan fingerprint density at radius 3 is 2.54 bits per heavy atom. The standard InChI is InChI=1S/C17H21FN2O2S2/c18-15-4-6-17(7-5-15)24(21,22)20-10-2-9-19(12-13-20)11-8-16-3-1-14-23-16/h1,3-7,14H,2,8-13H2. The van der Waals surface area contributed by atoms with Gasteiger partial charge in [0, 0.05) is 31.1 Å². The summed E-state index contributed by atoms with van der Waals surface area (Å²) in [6, 6.07) is 9.25. The van der Waals surface area contributed by atoms with Gasteiger partial charge in [-0.1, -0.05) is 6.07 Å². The van der Waals surface area contributed by atoms with Gasteiger partial charge < -0.3 is 4.90 Å². The summed E-state index contributed by atoms with van der Waals surface area (Å²) >= 11 is 1.76. The van der Waals surface area contributed by atoms with E-state index in [9.17, 15) is 12.8 Å². The lowest BCUT2D eigenvalue weighted by Gasteiger charge is -2.21. The number of hydrogen-bond acceptors (Lipinski definition) is 4. The first-order valence-corrected chi connectivity index (χ1v) is 10.4. The zero-order chi connectivity index (χ0) is 17.0. The number of thiophene rings is 1. The van der Waals surface area contributed by atoms with Crippen LogP contribution in [0.5, 0.6) is 0 Å². The second-order valence-electron chi connectivity index (χ2n) is 5.88. The zero-order valence-electron chi connectivity index (χ0n) is 13.4. The van der Waals surface area contributed by atoms with Gasteiger partial charge >= 0.3 is 0 Å². The van der Waals surface area contributed by atoms with Crippen molar-refractivity contribution in [2.24, 2.45) is 0 Å². The lowest BCUT2D eigenvalue weighted by molar-refractivity contribution is 0.291. The Hall–Kier alpha value is -1.28. The highest BCUT2D eigenvalue weighted by molar-refractivity contribution is 7.89. The van der Waals surface area contributed by atoms with E-state index in [1.807, 2.05) is 0 Å². The molecule has 2 aromatic rings. The van der Waals surface area contributed by atoms with Crippen molar-refractivity contribution in [3.05, 3.63) is 52.5 Å². The third kappa shape index (κ3) is 4.22. The molecule has 1 saturated heterocycles. The van der Waals surface area contributed by atoms with Gasteiger partial charge in [0.05, 0.1) is 4.90 Å². The Morgan fingerprint density at radius 2 is 1.83 bits per heavy atom. The van der Waals surface area contributed by atoms with E-state index in [1.165, 1.54) is 33.4 Å². The average molecular weight is 368 g/mol. The molecule has 1 aliphatic heterocycles. The van der Waals surface area contributed by atoms with E-state index in [0.29, 0.717) is 13.1 Å². The smallest absolute Gasteiger partial charge is 0.243 e. The highest BCUT2D eigenvalue weighted by Gasteiger charge is 2.26. The minimum absolute atomic E-state index is 0.163. The van der Waals surface area contributed by atoms with Crippen LogP contribution in [0.2, 0.25) is 0 Å². The number of rotatable bonds is 5. The summed E-state index contributed by atoms with van der Waals surface area (Å²) in [6.45, 7) is 3.57. The van der Waals surface area contributed by atoms with Crippen molar-refractivity contribution in [3.63, 3.8) is 0 Å². The van der Waals surface area contributed by atoms with Gasteiger partial charge in [-0.05, 0) is 55.1 Å². The van der Waals surface area contributed by atoms with E-state index < -0.39 is 15.8 Å². The maximum Gasteiger partial charge on any atom is 0.243 e. The first-order chi connectivity index (χ1) is 11.6. The van der Waals surface area contributed by atoms with Gasteiger partial charge in [-0.3, -0.25) is 0 Å². The molecule has 24 heavy (non-hydrogen) atoms. The Labute approximate surface area is 146 Å². The quantitative estimate of drug-likeness (QED) is 0.815. The summed E-state index contributed by atoms with van der Waals surface area (Å²) in [5.41, 5.74) is 0. The molecule has 0 radical (unpaired) electrons. The second kappa shape index (κ2) is 7.74. The number of hydrogen-bond donors (Lipinski definition) is 0. The summed E-state index contributed by atoms with van der Waals surface area (Å²) in [5.74, 6) is -0.426. The molecule has 0 aliphatic carbocycles. The van der Waals surface area contributed by atoms with Gasteiger partial charge in [0.2, 0.25) is 10.0 Å². The molecular weight excluding hydrogens is 347 g/mol. The minimum Gasteiger partial charge on any atom is -0.302 e. The molecule has 0 unspecified atom stereocenters. The van der Waals surface area contributed by atoms with Crippen LogP contribution in [0.1, 0.15) is 11.3 Å². The molecule has 0 bridgehead atoms. The second-order valence-corrected chi connectivity index (χ2v) is 8.85. The molecule has 3 rings (SSSR count). The van der Waals surface area contributed by atoms with Crippen LogP contribution in [0.4, 0.5) is 4.39 Å². The topological polar surface area (TPSA) is 40.6 Å². The molecule has 1 aliphatic rings. The van der Waals surface area contributed by atoms with E-state index in [4.69, 9.17) is 0 Å². The third-order valence-corrected chi connectivity index (χ3v) is 7.10. The summed E-state index contributed by atoms with van der Waals surface area (Å²) in [5, 5.41) is 2.08. The summed E-state index contributed by atoms with van der Waals surface area (Å²) < 4.78 is 39.9. The van der Waals surface area contributed by atoms with Crippen LogP contribution in [0.25, 0.3) is 0 Å². The van der Waals surface area contributed by atoms with E-state index in [0.717, 1.165) is 32.5 Å². The number of benzene rings is 1. The first-order valence-electron chi connectivity index (χ1n) is 8.06. The van der Waals surface area contributed by atoms with Gasteiger partial charge in [0.1, 0.15) is 5.82 Å². The van der Waals surface area contributed by atoms with Crippen molar-refractivity contribution in [2.45, 2.75) is 17.7 Å². The van der Waals surface area contributed by atoms with Gasteiger partial charge in [0.15, 0.2) is 0 Å². The van der Waals surface area contributed by atoms with Crippen molar-refractivity contribution in [1.29, 1.82) is 0 Å². The molecule has 0 spiro atoms. The molecule has 0 N–H and O–H groups in total. The number of halogens is 1. The Balaban J connectivity index is 1.61. The zero-order valence-corrected chi connectivity index (χ0v) is 15.0. The SMILES string of the molecule is O=S(=O)(c1ccc(F)cc1)N1CCCN(CCc2cccs2)CC1. The normalized spacial score (nSPS) is 17.7. The van der Waals surface area contributed by atoms with Gasteiger partial charge in [-0.25, -0.2) is 12.8 Å². The first kappa shape index (κ1) is 17.5. The van der Waals surface area contributed by atoms with Crippen molar-refractivity contribution >= 4 is 21.4 Å². The highest BCUT2D eigenvalue weighted by atomic mass is 32.2. The fourth-order valence-corrected chi connectivity index (χ4v) is 5.06. The molecule has 130 valence electrons. The number of nitrogens with zero attached hydrogens (tertiary/aromatic N) is 2. The van der Waals surface area contributed by atoms with Crippen LogP contribution < -0.4 is 0 Å².